The van der Waals surface area contributed by atoms with Gasteiger partial charge in [-0.1, -0.05) is 30.7 Å². The maximum Gasteiger partial charge on any atom is 0.336 e. The number of fused-ring (bicyclic) bond motifs is 1. The fourth-order valence-electron chi connectivity index (χ4n) is 4.14. The molecule has 2 aliphatic carbocycles. The molecule has 1 N–H and O–H groups in total. The van der Waals surface area contributed by atoms with E-state index in [1.807, 2.05) is 6.92 Å². The number of allylic oxidation sites excluding steroid dienone is 1. The molecule has 0 amide bonds. The lowest BCUT2D eigenvalue weighted by Crippen LogP contribution is -2.52. The van der Waals surface area contributed by atoms with Crippen LogP contribution in [0, 0.1) is 12.3 Å². The van der Waals surface area contributed by atoms with Crippen LogP contribution >= 0.6 is 0 Å². The number of carbonyl (C=O) groups excluding carboxylic acids is 1. The summed E-state index contributed by atoms with van der Waals surface area (Å²) in [6.45, 7) is 3.66. The summed E-state index contributed by atoms with van der Waals surface area (Å²) in [5.74, 6) is -0.583. The van der Waals surface area contributed by atoms with Crippen LogP contribution in [0.15, 0.2) is 40.8 Å². The van der Waals surface area contributed by atoms with Gasteiger partial charge in [0.25, 0.3) is 10.1 Å². The average molecular weight is 380 g/mol. The number of aryl methyl sites for hydroxylation is 1. The molecule has 3 rings (SSSR count). The standard InChI is InChI=1S/C19H24O6S/c1-13-6-8-14(9-7-13)26(22,23)25-16-10-12-19(21)15(17(20)24-3)5-4-11-18(16,19)2/h5-9,16,21H,4,10-12H2,1-3H3/t16-,18+,19-/m0/s1. The van der Waals surface area contributed by atoms with Gasteiger partial charge in [-0.3, -0.25) is 4.18 Å². The Bertz CT molecular complexity index is 841. The van der Waals surface area contributed by atoms with Gasteiger partial charge < -0.3 is 9.84 Å². The van der Waals surface area contributed by atoms with Crippen LogP contribution in [0.3, 0.4) is 0 Å². The van der Waals surface area contributed by atoms with Crippen LogP contribution in [0.25, 0.3) is 0 Å². The van der Waals surface area contributed by atoms with E-state index in [1.165, 1.54) is 19.2 Å². The van der Waals surface area contributed by atoms with Crippen molar-refractivity contribution in [3.63, 3.8) is 0 Å². The molecule has 26 heavy (non-hydrogen) atoms. The molecule has 6 nitrogen and oxygen atoms in total. The Hall–Kier alpha value is -1.70. The zero-order valence-electron chi connectivity index (χ0n) is 15.2. The van der Waals surface area contributed by atoms with Crippen LogP contribution in [-0.2, 0) is 23.8 Å². The van der Waals surface area contributed by atoms with Gasteiger partial charge in [0.2, 0.25) is 0 Å². The van der Waals surface area contributed by atoms with Crippen LogP contribution in [0.5, 0.6) is 0 Å². The van der Waals surface area contributed by atoms with Crippen molar-refractivity contribution in [3.8, 4) is 0 Å². The number of rotatable bonds is 4. The highest BCUT2D eigenvalue weighted by atomic mass is 32.2. The summed E-state index contributed by atoms with van der Waals surface area (Å²) in [7, 11) is -2.70. The molecule has 142 valence electrons. The van der Waals surface area contributed by atoms with E-state index in [4.69, 9.17) is 8.92 Å². The van der Waals surface area contributed by atoms with Gasteiger partial charge in [0.05, 0.1) is 23.7 Å². The third-order valence-corrected chi connectivity index (χ3v) is 7.17. The van der Waals surface area contributed by atoms with Crippen molar-refractivity contribution in [3.05, 3.63) is 41.5 Å². The third-order valence-electron chi connectivity index (χ3n) is 5.84. The van der Waals surface area contributed by atoms with Crippen LogP contribution < -0.4 is 0 Å². The average Bonchev–Trinajstić information content (AvgIpc) is 2.85. The summed E-state index contributed by atoms with van der Waals surface area (Å²) < 4.78 is 35.7. The van der Waals surface area contributed by atoms with Gasteiger partial charge in [0.15, 0.2) is 0 Å². The first-order valence-corrected chi connectivity index (χ1v) is 10.1. The molecule has 1 saturated carbocycles. The molecule has 0 saturated heterocycles. The normalized spacial score (nSPS) is 31.2. The summed E-state index contributed by atoms with van der Waals surface area (Å²) >= 11 is 0. The molecule has 0 heterocycles. The lowest BCUT2D eigenvalue weighted by molar-refractivity contribution is -0.143. The minimum Gasteiger partial charge on any atom is -0.466 e. The van der Waals surface area contributed by atoms with Gasteiger partial charge in [0, 0.05) is 5.41 Å². The van der Waals surface area contributed by atoms with E-state index in [0.717, 1.165) is 5.56 Å². The maximum atomic E-state index is 12.7. The second kappa shape index (κ2) is 6.48. The zero-order valence-corrected chi connectivity index (χ0v) is 16.0. The molecule has 0 bridgehead atoms. The van der Waals surface area contributed by atoms with E-state index >= 15 is 0 Å². The number of hydrogen-bond acceptors (Lipinski definition) is 6. The number of esters is 1. The molecular formula is C19H24O6S. The SMILES string of the molecule is COC(=O)C1=CCC[C@]2(C)[C@@H](OS(=O)(=O)c3ccc(C)cc3)CC[C@]12O. The predicted molar refractivity (Wildman–Crippen MR) is 94.9 cm³/mol. The molecule has 0 unspecified atom stereocenters. The van der Waals surface area contributed by atoms with Crippen molar-refractivity contribution >= 4 is 16.1 Å². The maximum absolute atomic E-state index is 12.7. The molecule has 1 aromatic rings. The fraction of sp³-hybridized carbons (Fsp3) is 0.526. The number of aliphatic hydroxyl groups is 1. The first kappa shape index (κ1) is 19.1. The lowest BCUT2D eigenvalue weighted by Gasteiger charge is -2.45. The van der Waals surface area contributed by atoms with Crippen molar-refractivity contribution < 1.29 is 27.2 Å². The van der Waals surface area contributed by atoms with Crippen LogP contribution in [-0.4, -0.2) is 38.3 Å². The fourth-order valence-corrected chi connectivity index (χ4v) is 5.33. The highest BCUT2D eigenvalue weighted by molar-refractivity contribution is 7.86. The van der Waals surface area contributed by atoms with Crippen LogP contribution in [0.2, 0.25) is 0 Å². The number of methoxy groups -OCH3 is 1. The van der Waals surface area contributed by atoms with Crippen molar-refractivity contribution in [2.24, 2.45) is 5.41 Å². The smallest absolute Gasteiger partial charge is 0.336 e. The van der Waals surface area contributed by atoms with E-state index in [0.29, 0.717) is 19.3 Å². The van der Waals surface area contributed by atoms with Crippen molar-refractivity contribution in [2.45, 2.75) is 56.1 Å². The molecule has 7 heteroatoms. The van der Waals surface area contributed by atoms with E-state index in [2.05, 4.69) is 0 Å². The predicted octanol–water partition coefficient (Wildman–Crippen LogP) is 2.49. The van der Waals surface area contributed by atoms with E-state index in [1.54, 1.807) is 25.1 Å². The molecule has 1 fully saturated rings. The number of ether oxygens (including phenoxy) is 1. The third kappa shape index (κ3) is 2.88. The van der Waals surface area contributed by atoms with E-state index in [9.17, 15) is 18.3 Å². The quantitative estimate of drug-likeness (QED) is 0.638. The van der Waals surface area contributed by atoms with Crippen molar-refractivity contribution in [1.82, 2.24) is 0 Å². The largest absolute Gasteiger partial charge is 0.466 e. The second-order valence-electron chi connectivity index (χ2n) is 7.32. The highest BCUT2D eigenvalue weighted by Gasteiger charge is 2.62. The minimum absolute atomic E-state index is 0.0849. The monoisotopic (exact) mass is 380 g/mol. The Kier molecular flexibility index (Phi) is 4.75. The molecule has 2 aliphatic rings. The molecule has 0 radical (unpaired) electrons. The van der Waals surface area contributed by atoms with Crippen molar-refractivity contribution in [1.29, 1.82) is 0 Å². The lowest BCUT2D eigenvalue weighted by atomic mass is 9.65. The Morgan fingerprint density at radius 2 is 1.88 bits per heavy atom. The van der Waals surface area contributed by atoms with Crippen molar-refractivity contribution in [2.75, 3.05) is 7.11 Å². The van der Waals surface area contributed by atoms with Gasteiger partial charge in [-0.2, -0.15) is 8.42 Å². The minimum atomic E-state index is -3.97. The number of carbonyl (C=O) groups is 1. The number of hydrogen-bond donors (Lipinski definition) is 1. The molecule has 0 spiro atoms. The van der Waals surface area contributed by atoms with Gasteiger partial charge in [-0.05, 0) is 44.7 Å². The van der Waals surface area contributed by atoms with E-state index in [-0.39, 0.29) is 16.9 Å². The van der Waals surface area contributed by atoms with E-state index < -0.39 is 33.2 Å². The molecular weight excluding hydrogens is 356 g/mol. The Balaban J connectivity index is 1.91. The topological polar surface area (TPSA) is 89.9 Å². The summed E-state index contributed by atoms with van der Waals surface area (Å²) in [5.41, 5.74) is -1.19. The molecule has 0 aromatic heterocycles. The second-order valence-corrected chi connectivity index (χ2v) is 8.89. The first-order valence-electron chi connectivity index (χ1n) is 8.65. The Morgan fingerprint density at radius 3 is 2.50 bits per heavy atom. The molecule has 3 atom stereocenters. The molecule has 0 aliphatic heterocycles. The summed E-state index contributed by atoms with van der Waals surface area (Å²) in [6.07, 6.45) is 2.63. The molecule has 1 aromatic carbocycles. The van der Waals surface area contributed by atoms with Gasteiger partial charge in [-0.15, -0.1) is 0 Å². The zero-order chi connectivity index (χ0) is 19.2. The van der Waals surface area contributed by atoms with Gasteiger partial charge in [-0.25, -0.2) is 4.79 Å². The summed E-state index contributed by atoms with van der Waals surface area (Å²) in [6, 6.07) is 6.44. The number of benzene rings is 1. The van der Waals surface area contributed by atoms with Crippen LogP contribution in [0.1, 0.15) is 38.2 Å². The highest BCUT2D eigenvalue weighted by Crippen LogP contribution is 2.57. The summed E-state index contributed by atoms with van der Waals surface area (Å²) in [5, 5.41) is 11.3. The summed E-state index contributed by atoms with van der Waals surface area (Å²) in [4.78, 5) is 12.2. The Morgan fingerprint density at radius 1 is 1.23 bits per heavy atom. The van der Waals surface area contributed by atoms with Crippen LogP contribution in [0.4, 0.5) is 0 Å². The first-order chi connectivity index (χ1) is 12.1. The van der Waals surface area contributed by atoms with Gasteiger partial charge >= 0.3 is 5.97 Å². The van der Waals surface area contributed by atoms with Gasteiger partial charge in [0.1, 0.15) is 5.60 Å². The Labute approximate surface area is 153 Å².